The minimum Gasteiger partial charge on any atom is -0.396 e. The molecule has 1 unspecified atom stereocenters. The Kier molecular flexibility index (Phi) is 6.58. The lowest BCUT2D eigenvalue weighted by Crippen LogP contribution is -2.11. The number of fused-ring (bicyclic) bond motifs is 1. The zero-order chi connectivity index (χ0) is 15.8. The quantitative estimate of drug-likeness (QED) is 0.658. The minimum absolute atomic E-state index is 0.167. The van der Waals surface area contributed by atoms with Gasteiger partial charge in [-0.25, -0.2) is 15.0 Å². The summed E-state index contributed by atoms with van der Waals surface area (Å²) < 4.78 is 2.04. The van der Waals surface area contributed by atoms with Crippen LogP contribution in [0.15, 0.2) is 12.7 Å². The van der Waals surface area contributed by atoms with E-state index in [0.717, 1.165) is 18.5 Å². The van der Waals surface area contributed by atoms with E-state index in [0.29, 0.717) is 17.8 Å². The van der Waals surface area contributed by atoms with Gasteiger partial charge in [-0.1, -0.05) is 45.4 Å². The van der Waals surface area contributed by atoms with Gasteiger partial charge in [-0.15, -0.1) is 0 Å². The summed E-state index contributed by atoms with van der Waals surface area (Å²) in [6.07, 6.45) is 12.6. The zero-order valence-electron chi connectivity index (χ0n) is 13.4. The fourth-order valence-corrected chi connectivity index (χ4v) is 2.87. The third-order valence-electron chi connectivity index (χ3n) is 4.13. The number of anilines is 1. The van der Waals surface area contributed by atoms with Crippen LogP contribution in [0.5, 0.6) is 0 Å². The molecule has 0 aliphatic rings. The molecule has 0 aromatic carbocycles. The van der Waals surface area contributed by atoms with E-state index in [-0.39, 0.29) is 12.6 Å². The lowest BCUT2D eigenvalue weighted by atomic mass is 10.0. The monoisotopic (exact) mass is 305 g/mol. The molecule has 0 aliphatic carbocycles. The van der Waals surface area contributed by atoms with E-state index in [9.17, 15) is 5.11 Å². The van der Waals surface area contributed by atoms with Crippen molar-refractivity contribution in [3.63, 3.8) is 0 Å². The first kappa shape index (κ1) is 16.7. The van der Waals surface area contributed by atoms with Crippen LogP contribution in [-0.4, -0.2) is 31.2 Å². The molecular formula is C16H27N5O. The van der Waals surface area contributed by atoms with Gasteiger partial charge in [0.15, 0.2) is 11.5 Å². The number of aliphatic hydroxyl groups excluding tert-OH is 1. The third kappa shape index (κ3) is 4.16. The maximum atomic E-state index is 9.34. The number of rotatable bonds is 10. The van der Waals surface area contributed by atoms with Gasteiger partial charge in [0.05, 0.1) is 6.33 Å². The van der Waals surface area contributed by atoms with Crippen molar-refractivity contribution in [1.29, 1.82) is 0 Å². The average Bonchev–Trinajstić information content (AvgIpc) is 2.95. The molecule has 2 aromatic heterocycles. The van der Waals surface area contributed by atoms with Gasteiger partial charge < -0.3 is 15.4 Å². The molecule has 0 radical (unpaired) electrons. The van der Waals surface area contributed by atoms with E-state index in [1.807, 2.05) is 4.57 Å². The summed E-state index contributed by atoms with van der Waals surface area (Å²) in [4.78, 5) is 12.6. The molecule has 122 valence electrons. The van der Waals surface area contributed by atoms with Gasteiger partial charge >= 0.3 is 0 Å². The molecule has 0 saturated carbocycles. The van der Waals surface area contributed by atoms with Gasteiger partial charge in [0.2, 0.25) is 0 Å². The van der Waals surface area contributed by atoms with Crippen LogP contribution in [-0.2, 0) is 0 Å². The van der Waals surface area contributed by atoms with Crippen molar-refractivity contribution >= 4 is 17.0 Å². The Balaban J connectivity index is 1.99. The molecule has 3 N–H and O–H groups in total. The van der Waals surface area contributed by atoms with Gasteiger partial charge in [0, 0.05) is 12.6 Å². The number of nitrogens with two attached hydrogens (primary N) is 1. The second kappa shape index (κ2) is 8.68. The molecule has 1 atom stereocenters. The van der Waals surface area contributed by atoms with Gasteiger partial charge in [-0.05, 0) is 12.8 Å². The summed E-state index contributed by atoms with van der Waals surface area (Å²) in [6, 6.07) is 0.218. The molecule has 0 spiro atoms. The third-order valence-corrected chi connectivity index (χ3v) is 4.13. The topological polar surface area (TPSA) is 89.8 Å². The highest BCUT2D eigenvalue weighted by atomic mass is 16.3. The van der Waals surface area contributed by atoms with E-state index in [1.165, 1.54) is 38.4 Å². The Bertz CT molecular complexity index is 569. The molecule has 0 fully saturated rings. The van der Waals surface area contributed by atoms with Gasteiger partial charge in [0.1, 0.15) is 11.8 Å². The Labute approximate surface area is 131 Å². The largest absolute Gasteiger partial charge is 0.396 e. The predicted octanol–water partition coefficient (Wildman–Crippen LogP) is 3.08. The highest BCUT2D eigenvalue weighted by Crippen LogP contribution is 2.25. The number of nitrogen functional groups attached to an aromatic ring is 1. The number of imidazole rings is 1. The van der Waals surface area contributed by atoms with Crippen LogP contribution in [0.3, 0.4) is 0 Å². The fourth-order valence-electron chi connectivity index (χ4n) is 2.87. The summed E-state index contributed by atoms with van der Waals surface area (Å²) in [5, 5.41) is 9.34. The number of aliphatic hydroxyl groups is 1. The number of hydrogen-bond acceptors (Lipinski definition) is 5. The smallest absolute Gasteiger partial charge is 0.165 e. The van der Waals surface area contributed by atoms with Gasteiger partial charge in [-0.3, -0.25) is 0 Å². The van der Waals surface area contributed by atoms with Crippen LogP contribution < -0.4 is 5.73 Å². The van der Waals surface area contributed by atoms with E-state index in [1.54, 1.807) is 6.33 Å². The maximum Gasteiger partial charge on any atom is 0.165 e. The first-order valence-electron chi connectivity index (χ1n) is 8.31. The SMILES string of the molecule is CCCCCCCCC(CCO)n1cnc2c(N)ncnc21. The van der Waals surface area contributed by atoms with Crippen molar-refractivity contribution < 1.29 is 5.11 Å². The maximum absolute atomic E-state index is 9.34. The second-order valence-electron chi connectivity index (χ2n) is 5.81. The first-order valence-corrected chi connectivity index (χ1v) is 8.31. The summed E-state index contributed by atoms with van der Waals surface area (Å²) in [5.74, 6) is 0.408. The predicted molar refractivity (Wildman–Crippen MR) is 88.5 cm³/mol. The van der Waals surface area contributed by atoms with Crippen LogP contribution in [0.2, 0.25) is 0 Å². The van der Waals surface area contributed by atoms with Crippen molar-refractivity contribution in [1.82, 2.24) is 19.5 Å². The molecule has 2 rings (SSSR count). The zero-order valence-corrected chi connectivity index (χ0v) is 13.4. The van der Waals surface area contributed by atoms with Crippen LogP contribution in [0.25, 0.3) is 11.2 Å². The Hall–Kier alpha value is -1.69. The summed E-state index contributed by atoms with van der Waals surface area (Å²) in [5.41, 5.74) is 7.24. The standard InChI is InChI=1S/C16H27N5O/c1-2-3-4-5-6-7-8-13(9-10-22)21-12-20-14-15(17)18-11-19-16(14)21/h11-13,22H,2-10H2,1H3,(H2,17,18,19). The minimum atomic E-state index is 0.167. The Morgan fingerprint density at radius 3 is 2.64 bits per heavy atom. The van der Waals surface area contributed by atoms with Crippen molar-refractivity contribution in [2.24, 2.45) is 0 Å². The molecule has 22 heavy (non-hydrogen) atoms. The number of hydrogen-bond donors (Lipinski definition) is 2. The van der Waals surface area contributed by atoms with Crippen LogP contribution in [0.4, 0.5) is 5.82 Å². The number of aromatic nitrogens is 4. The van der Waals surface area contributed by atoms with Crippen LogP contribution in [0, 0.1) is 0 Å². The number of unbranched alkanes of at least 4 members (excludes halogenated alkanes) is 5. The molecular weight excluding hydrogens is 278 g/mol. The molecule has 0 aliphatic heterocycles. The first-order chi connectivity index (χ1) is 10.8. The van der Waals surface area contributed by atoms with Crippen molar-refractivity contribution in [3.05, 3.63) is 12.7 Å². The summed E-state index contributed by atoms with van der Waals surface area (Å²) in [7, 11) is 0. The highest BCUT2D eigenvalue weighted by molar-refractivity contribution is 5.81. The lowest BCUT2D eigenvalue weighted by Gasteiger charge is -2.18. The Morgan fingerprint density at radius 1 is 1.09 bits per heavy atom. The lowest BCUT2D eigenvalue weighted by molar-refractivity contribution is 0.251. The van der Waals surface area contributed by atoms with Crippen LogP contribution >= 0.6 is 0 Å². The molecule has 6 heteroatoms. The fraction of sp³-hybridized carbons (Fsp3) is 0.688. The molecule has 0 amide bonds. The van der Waals surface area contributed by atoms with E-state index < -0.39 is 0 Å². The highest BCUT2D eigenvalue weighted by Gasteiger charge is 2.16. The van der Waals surface area contributed by atoms with Crippen LogP contribution in [0.1, 0.15) is 64.3 Å². The molecule has 2 heterocycles. The van der Waals surface area contributed by atoms with Gasteiger partial charge in [0.25, 0.3) is 0 Å². The van der Waals surface area contributed by atoms with Crippen molar-refractivity contribution in [2.75, 3.05) is 12.3 Å². The molecule has 0 bridgehead atoms. The molecule has 2 aromatic rings. The second-order valence-corrected chi connectivity index (χ2v) is 5.81. The number of nitrogens with zero attached hydrogens (tertiary/aromatic N) is 4. The molecule has 6 nitrogen and oxygen atoms in total. The van der Waals surface area contributed by atoms with E-state index in [4.69, 9.17) is 5.73 Å². The average molecular weight is 305 g/mol. The molecule has 0 saturated heterocycles. The summed E-state index contributed by atoms with van der Waals surface area (Å²) in [6.45, 7) is 2.40. The van der Waals surface area contributed by atoms with Gasteiger partial charge in [-0.2, -0.15) is 0 Å². The van der Waals surface area contributed by atoms with Crippen molar-refractivity contribution in [2.45, 2.75) is 64.3 Å². The Morgan fingerprint density at radius 2 is 1.86 bits per heavy atom. The van der Waals surface area contributed by atoms with Crippen molar-refractivity contribution in [3.8, 4) is 0 Å². The van der Waals surface area contributed by atoms with E-state index in [2.05, 4.69) is 21.9 Å². The summed E-state index contributed by atoms with van der Waals surface area (Å²) >= 11 is 0. The normalized spacial score (nSPS) is 12.8. The van der Waals surface area contributed by atoms with E-state index >= 15 is 0 Å².